The van der Waals surface area contributed by atoms with Gasteiger partial charge in [0, 0.05) is 32.7 Å². The Balaban J connectivity index is 1.41. The summed E-state index contributed by atoms with van der Waals surface area (Å²) in [5, 5.41) is 8.69. The number of rotatable bonds is 3. The molecule has 0 radical (unpaired) electrons. The largest absolute Gasteiger partial charge is 0.354 e. The first kappa shape index (κ1) is 14.9. The Morgan fingerprint density at radius 1 is 0.913 bits per heavy atom. The van der Waals surface area contributed by atoms with Gasteiger partial charge >= 0.3 is 0 Å². The SMILES string of the molecule is Clc1ccc(N2CC3CC(CN(Cc4ccccc4)C3)C2)nn1. The molecule has 2 fully saturated rings. The molecule has 2 atom stereocenters. The maximum atomic E-state index is 5.84. The summed E-state index contributed by atoms with van der Waals surface area (Å²) in [5.74, 6) is 2.38. The molecule has 0 N–H and O–H groups in total. The van der Waals surface area contributed by atoms with Gasteiger partial charge in [0.25, 0.3) is 0 Å². The summed E-state index contributed by atoms with van der Waals surface area (Å²) in [6, 6.07) is 14.6. The summed E-state index contributed by atoms with van der Waals surface area (Å²) < 4.78 is 0. The van der Waals surface area contributed by atoms with Crippen molar-refractivity contribution in [3.8, 4) is 0 Å². The van der Waals surface area contributed by atoms with Crippen molar-refractivity contribution >= 4 is 17.4 Å². The molecular weight excluding hydrogens is 308 g/mol. The minimum Gasteiger partial charge on any atom is -0.354 e. The molecule has 120 valence electrons. The minimum atomic E-state index is 0.458. The van der Waals surface area contributed by atoms with Crippen LogP contribution >= 0.6 is 11.6 Å². The quantitative estimate of drug-likeness (QED) is 0.866. The first-order valence-corrected chi connectivity index (χ1v) is 8.64. The van der Waals surface area contributed by atoms with Crippen LogP contribution in [0.2, 0.25) is 5.15 Å². The predicted molar refractivity (Wildman–Crippen MR) is 92.6 cm³/mol. The fourth-order valence-electron chi connectivity index (χ4n) is 4.02. The molecule has 5 heteroatoms. The average Bonchev–Trinajstić information content (AvgIpc) is 2.55. The summed E-state index contributed by atoms with van der Waals surface area (Å²) in [4.78, 5) is 4.99. The molecule has 2 bridgehead atoms. The zero-order valence-corrected chi connectivity index (χ0v) is 13.9. The molecule has 3 heterocycles. The number of anilines is 1. The van der Waals surface area contributed by atoms with Crippen molar-refractivity contribution < 1.29 is 0 Å². The molecule has 0 amide bonds. The number of halogens is 1. The van der Waals surface area contributed by atoms with Crippen molar-refractivity contribution in [2.45, 2.75) is 13.0 Å². The van der Waals surface area contributed by atoms with Gasteiger partial charge in [-0.3, -0.25) is 4.90 Å². The van der Waals surface area contributed by atoms with Crippen LogP contribution in [0.5, 0.6) is 0 Å². The van der Waals surface area contributed by atoms with Crippen LogP contribution in [-0.4, -0.2) is 41.3 Å². The molecule has 0 saturated carbocycles. The molecule has 2 unspecified atom stereocenters. The first-order chi connectivity index (χ1) is 11.3. The Kier molecular flexibility index (Phi) is 4.19. The highest BCUT2D eigenvalue weighted by Crippen LogP contribution is 2.31. The molecule has 2 aliphatic heterocycles. The predicted octanol–water partition coefficient (Wildman–Crippen LogP) is 3.09. The third kappa shape index (κ3) is 3.48. The monoisotopic (exact) mass is 328 g/mol. The maximum absolute atomic E-state index is 5.84. The van der Waals surface area contributed by atoms with E-state index in [1.54, 1.807) is 0 Å². The molecule has 23 heavy (non-hydrogen) atoms. The molecule has 2 aliphatic rings. The van der Waals surface area contributed by atoms with Crippen LogP contribution in [0.25, 0.3) is 0 Å². The molecule has 1 aromatic heterocycles. The normalized spacial score (nSPS) is 24.7. The lowest BCUT2D eigenvalue weighted by Crippen LogP contribution is -2.52. The second-order valence-corrected chi connectivity index (χ2v) is 7.15. The summed E-state index contributed by atoms with van der Waals surface area (Å²) in [5.41, 5.74) is 1.41. The number of benzene rings is 1. The summed E-state index contributed by atoms with van der Waals surface area (Å²) >= 11 is 5.84. The summed E-state index contributed by atoms with van der Waals surface area (Å²) in [7, 11) is 0. The number of likely N-dealkylation sites (tertiary alicyclic amines) is 1. The third-order valence-corrected chi connectivity index (χ3v) is 5.05. The highest BCUT2D eigenvalue weighted by molar-refractivity contribution is 6.29. The fourth-order valence-corrected chi connectivity index (χ4v) is 4.12. The van der Waals surface area contributed by atoms with Crippen LogP contribution in [0, 0.1) is 11.8 Å². The zero-order valence-electron chi connectivity index (χ0n) is 13.1. The summed E-state index contributed by atoms with van der Waals surface area (Å²) in [6.45, 7) is 5.54. The van der Waals surface area contributed by atoms with Gasteiger partial charge in [0.05, 0.1) is 0 Å². The highest BCUT2D eigenvalue weighted by atomic mass is 35.5. The maximum Gasteiger partial charge on any atom is 0.151 e. The minimum absolute atomic E-state index is 0.458. The van der Waals surface area contributed by atoms with E-state index in [2.05, 4.69) is 50.3 Å². The Morgan fingerprint density at radius 2 is 1.65 bits per heavy atom. The van der Waals surface area contributed by atoms with E-state index in [-0.39, 0.29) is 0 Å². The van der Waals surface area contributed by atoms with E-state index in [9.17, 15) is 0 Å². The molecule has 4 nitrogen and oxygen atoms in total. The topological polar surface area (TPSA) is 32.3 Å². The number of hydrogen-bond donors (Lipinski definition) is 0. The van der Waals surface area contributed by atoms with Gasteiger partial charge in [-0.15, -0.1) is 10.2 Å². The van der Waals surface area contributed by atoms with Crippen LogP contribution in [0.4, 0.5) is 5.82 Å². The zero-order chi connectivity index (χ0) is 15.6. The van der Waals surface area contributed by atoms with Crippen LogP contribution in [-0.2, 0) is 6.54 Å². The molecule has 1 aromatic carbocycles. The van der Waals surface area contributed by atoms with Gasteiger partial charge in [0.2, 0.25) is 0 Å². The molecule has 2 aromatic rings. The second-order valence-electron chi connectivity index (χ2n) is 6.77. The first-order valence-electron chi connectivity index (χ1n) is 8.27. The lowest BCUT2D eigenvalue weighted by molar-refractivity contribution is 0.103. The van der Waals surface area contributed by atoms with E-state index in [0.29, 0.717) is 17.0 Å². The molecular formula is C18H21ClN4. The Labute approximate surface area is 142 Å². The van der Waals surface area contributed by atoms with Gasteiger partial charge in [-0.1, -0.05) is 41.9 Å². The van der Waals surface area contributed by atoms with E-state index in [1.165, 1.54) is 25.1 Å². The highest BCUT2D eigenvalue weighted by Gasteiger charge is 2.34. The third-order valence-electron chi connectivity index (χ3n) is 4.85. The molecule has 0 spiro atoms. The van der Waals surface area contributed by atoms with Crippen LogP contribution in [0.1, 0.15) is 12.0 Å². The van der Waals surface area contributed by atoms with Crippen molar-refractivity contribution in [3.05, 3.63) is 53.2 Å². The molecule has 0 aliphatic carbocycles. The van der Waals surface area contributed by atoms with E-state index < -0.39 is 0 Å². The Hall–Kier alpha value is -1.65. The van der Waals surface area contributed by atoms with Crippen LogP contribution < -0.4 is 4.90 Å². The average molecular weight is 329 g/mol. The lowest BCUT2D eigenvalue weighted by atomic mass is 9.84. The number of nitrogens with zero attached hydrogens (tertiary/aromatic N) is 4. The smallest absolute Gasteiger partial charge is 0.151 e. The van der Waals surface area contributed by atoms with Gasteiger partial charge < -0.3 is 4.90 Å². The standard InChI is InChI=1S/C18H21ClN4/c19-17-6-7-18(21-20-17)23-12-15-8-16(13-23)11-22(10-15)9-14-4-2-1-3-5-14/h1-7,15-16H,8-13H2. The van der Waals surface area contributed by atoms with E-state index in [0.717, 1.165) is 25.5 Å². The number of aromatic nitrogens is 2. The Bertz CT molecular complexity index is 632. The van der Waals surface area contributed by atoms with Crippen molar-refractivity contribution in [1.82, 2.24) is 15.1 Å². The van der Waals surface area contributed by atoms with Gasteiger partial charge in [-0.25, -0.2) is 0 Å². The van der Waals surface area contributed by atoms with Crippen LogP contribution in [0.3, 0.4) is 0 Å². The van der Waals surface area contributed by atoms with Crippen molar-refractivity contribution in [1.29, 1.82) is 0 Å². The van der Waals surface area contributed by atoms with Crippen LogP contribution in [0.15, 0.2) is 42.5 Å². The van der Waals surface area contributed by atoms with Crippen molar-refractivity contribution in [2.24, 2.45) is 11.8 Å². The van der Waals surface area contributed by atoms with Gasteiger partial charge in [-0.05, 0) is 36.0 Å². The van der Waals surface area contributed by atoms with Crippen molar-refractivity contribution in [3.63, 3.8) is 0 Å². The van der Waals surface area contributed by atoms with Crippen molar-refractivity contribution in [2.75, 3.05) is 31.1 Å². The lowest BCUT2D eigenvalue weighted by Gasteiger charge is -2.46. The summed E-state index contributed by atoms with van der Waals surface area (Å²) in [6.07, 6.45) is 1.34. The Morgan fingerprint density at radius 3 is 2.30 bits per heavy atom. The van der Waals surface area contributed by atoms with E-state index >= 15 is 0 Å². The van der Waals surface area contributed by atoms with Gasteiger partial charge in [0.15, 0.2) is 11.0 Å². The number of piperidine rings is 2. The van der Waals surface area contributed by atoms with E-state index in [4.69, 9.17) is 11.6 Å². The number of fused-ring (bicyclic) bond motifs is 2. The fraction of sp³-hybridized carbons (Fsp3) is 0.444. The van der Waals surface area contributed by atoms with E-state index in [1.807, 2.05) is 12.1 Å². The second kappa shape index (κ2) is 6.46. The van der Waals surface area contributed by atoms with Gasteiger partial charge in [-0.2, -0.15) is 0 Å². The van der Waals surface area contributed by atoms with Gasteiger partial charge in [0.1, 0.15) is 0 Å². The number of hydrogen-bond acceptors (Lipinski definition) is 4. The molecule has 2 saturated heterocycles. The molecule has 4 rings (SSSR count).